The first-order valence-corrected chi connectivity index (χ1v) is 9.17. The Morgan fingerprint density at radius 3 is 2.63 bits per heavy atom. The van der Waals surface area contributed by atoms with Gasteiger partial charge >= 0.3 is 0 Å². The average molecular weight is 360 g/mol. The minimum atomic E-state index is -0.557. The van der Waals surface area contributed by atoms with Crippen LogP contribution in [0.5, 0.6) is 5.75 Å². The van der Waals surface area contributed by atoms with Gasteiger partial charge in [0.2, 0.25) is 5.91 Å². The summed E-state index contributed by atoms with van der Waals surface area (Å²) in [5.41, 5.74) is 2.59. The number of methoxy groups -OCH3 is 1. The fraction of sp³-hybridized carbons (Fsp3) is 0.261. The largest absolute Gasteiger partial charge is 0.496 e. The van der Waals surface area contributed by atoms with Gasteiger partial charge in [-0.15, -0.1) is 0 Å². The molecule has 27 heavy (non-hydrogen) atoms. The second-order valence-corrected chi connectivity index (χ2v) is 7.50. The first-order valence-electron chi connectivity index (χ1n) is 9.17. The highest BCUT2D eigenvalue weighted by Gasteiger charge is 2.59. The number of para-hydroxylation sites is 2. The van der Waals surface area contributed by atoms with E-state index in [1.54, 1.807) is 7.11 Å². The van der Waals surface area contributed by atoms with Crippen molar-refractivity contribution in [2.45, 2.75) is 24.9 Å². The number of carbonyl (C=O) groups excluding carboxylic acids is 1. The summed E-state index contributed by atoms with van der Waals surface area (Å²) in [5.74, 6) is 0.889. The molecule has 1 atom stereocenters. The summed E-state index contributed by atoms with van der Waals surface area (Å²) in [6, 6.07) is 16.2. The minimum Gasteiger partial charge on any atom is -0.496 e. The van der Waals surface area contributed by atoms with Crippen molar-refractivity contribution in [3.63, 3.8) is 0 Å². The smallest absolute Gasteiger partial charge is 0.241 e. The van der Waals surface area contributed by atoms with E-state index in [-0.39, 0.29) is 11.3 Å². The number of rotatable bonds is 4. The van der Waals surface area contributed by atoms with Crippen molar-refractivity contribution in [1.29, 1.82) is 0 Å². The Kier molecular flexibility index (Phi) is 4.06. The van der Waals surface area contributed by atoms with E-state index in [0.29, 0.717) is 6.54 Å². The van der Waals surface area contributed by atoms with E-state index < -0.39 is 5.66 Å². The van der Waals surface area contributed by atoms with Gasteiger partial charge in [-0.3, -0.25) is 4.79 Å². The molecule has 1 N–H and O–H groups in total. The predicted molar refractivity (Wildman–Crippen MR) is 109 cm³/mol. The molecule has 0 bridgehead atoms. The van der Waals surface area contributed by atoms with Gasteiger partial charge in [0.05, 0.1) is 13.7 Å². The minimum absolute atomic E-state index is 0.0518. The Balaban J connectivity index is 1.68. The Hall–Kier alpha value is -3.01. The first-order chi connectivity index (χ1) is 13.0. The lowest BCUT2D eigenvalue weighted by Crippen LogP contribution is -2.58. The van der Waals surface area contributed by atoms with Crippen molar-refractivity contribution >= 4 is 17.7 Å². The molecule has 0 aromatic heterocycles. The van der Waals surface area contributed by atoms with Crippen LogP contribution < -0.4 is 15.0 Å². The lowest BCUT2D eigenvalue weighted by Gasteiger charge is -2.40. The van der Waals surface area contributed by atoms with Crippen LogP contribution in [0.1, 0.15) is 25.0 Å². The van der Waals surface area contributed by atoms with Crippen LogP contribution in [0.3, 0.4) is 0 Å². The van der Waals surface area contributed by atoms with Gasteiger partial charge in [-0.25, -0.2) is 0 Å². The molecule has 1 saturated heterocycles. The topological polar surface area (TPSA) is 41.6 Å². The number of carbonyl (C=O) groups is 1. The van der Waals surface area contributed by atoms with Crippen LogP contribution in [0.15, 0.2) is 66.8 Å². The standard InChI is InChI=1S/C23H24N2O2/c1-22(2)18-12-5-6-13-19(18)25-16-21(26)24-23(22,25)15-9-8-11-17-10-4-7-14-20(17)27-3/h4-15H,16H2,1-3H3,(H,24,26)/b11-8+,15-9+/t23-/m0/s1. The lowest BCUT2D eigenvalue weighted by atomic mass is 9.75. The second-order valence-electron chi connectivity index (χ2n) is 7.50. The fourth-order valence-electron chi connectivity index (χ4n) is 4.30. The van der Waals surface area contributed by atoms with Crippen LogP contribution in [0, 0.1) is 0 Å². The number of benzene rings is 2. The molecule has 2 aliphatic heterocycles. The number of hydrogen-bond acceptors (Lipinski definition) is 3. The van der Waals surface area contributed by atoms with Crippen molar-refractivity contribution in [1.82, 2.24) is 5.32 Å². The van der Waals surface area contributed by atoms with E-state index >= 15 is 0 Å². The molecule has 4 rings (SSSR count). The maximum absolute atomic E-state index is 12.3. The summed E-state index contributed by atoms with van der Waals surface area (Å²) in [7, 11) is 1.67. The number of fused-ring (bicyclic) bond motifs is 3. The molecule has 2 heterocycles. The monoisotopic (exact) mass is 360 g/mol. The third kappa shape index (κ3) is 2.55. The van der Waals surface area contributed by atoms with Gasteiger partial charge in [0, 0.05) is 16.7 Å². The van der Waals surface area contributed by atoms with Crippen molar-refractivity contribution < 1.29 is 9.53 Å². The maximum atomic E-state index is 12.3. The maximum Gasteiger partial charge on any atom is 0.241 e. The highest BCUT2D eigenvalue weighted by atomic mass is 16.5. The molecule has 1 fully saturated rings. The number of amides is 1. The lowest BCUT2D eigenvalue weighted by molar-refractivity contribution is -0.118. The van der Waals surface area contributed by atoms with Crippen LogP contribution in [0.2, 0.25) is 0 Å². The van der Waals surface area contributed by atoms with E-state index in [1.165, 1.54) is 5.56 Å². The van der Waals surface area contributed by atoms with Crippen molar-refractivity contribution in [3.05, 3.63) is 77.9 Å². The van der Waals surface area contributed by atoms with Gasteiger partial charge in [0.1, 0.15) is 11.4 Å². The number of ether oxygens (including phenoxy) is 1. The zero-order chi connectivity index (χ0) is 19.1. The van der Waals surface area contributed by atoms with Crippen LogP contribution in [-0.4, -0.2) is 25.2 Å². The number of anilines is 1. The number of nitrogens with zero attached hydrogens (tertiary/aromatic N) is 1. The van der Waals surface area contributed by atoms with Crippen LogP contribution in [-0.2, 0) is 10.2 Å². The van der Waals surface area contributed by atoms with Crippen molar-refractivity contribution in [2.75, 3.05) is 18.6 Å². The summed E-state index contributed by atoms with van der Waals surface area (Å²) in [5, 5.41) is 3.23. The third-order valence-electron chi connectivity index (χ3n) is 5.74. The van der Waals surface area contributed by atoms with Gasteiger partial charge < -0.3 is 15.0 Å². The molecule has 0 aliphatic carbocycles. The molecule has 1 amide bonds. The Morgan fingerprint density at radius 2 is 1.81 bits per heavy atom. The number of nitrogens with one attached hydrogen (secondary N) is 1. The first kappa shape index (κ1) is 17.4. The molecule has 0 saturated carbocycles. The average Bonchev–Trinajstić information content (AvgIpc) is 3.10. The fourth-order valence-corrected chi connectivity index (χ4v) is 4.30. The van der Waals surface area contributed by atoms with E-state index in [2.05, 4.69) is 48.3 Å². The van der Waals surface area contributed by atoms with Crippen molar-refractivity contribution in [3.8, 4) is 5.75 Å². The van der Waals surface area contributed by atoms with Crippen LogP contribution in [0.25, 0.3) is 6.08 Å². The Bertz CT molecular complexity index is 945. The highest BCUT2D eigenvalue weighted by Crippen LogP contribution is 2.52. The second kappa shape index (κ2) is 6.31. The van der Waals surface area contributed by atoms with Gasteiger partial charge in [-0.05, 0) is 23.8 Å². The molecule has 2 aliphatic rings. The molecule has 138 valence electrons. The molecule has 4 nitrogen and oxygen atoms in total. The van der Waals surface area contributed by atoms with Crippen LogP contribution >= 0.6 is 0 Å². The molecule has 0 unspecified atom stereocenters. The SMILES string of the molecule is COc1ccccc1/C=C/C=C/[C@]12NC(=O)CN1c1ccccc1C2(C)C. The van der Waals surface area contributed by atoms with Gasteiger partial charge in [-0.2, -0.15) is 0 Å². The number of allylic oxidation sites excluding steroid dienone is 2. The molecule has 0 spiro atoms. The molecule has 4 heteroatoms. The van der Waals surface area contributed by atoms with Gasteiger partial charge in [0.15, 0.2) is 0 Å². The normalized spacial score (nSPS) is 22.9. The Morgan fingerprint density at radius 1 is 1.07 bits per heavy atom. The van der Waals surface area contributed by atoms with Gasteiger partial charge in [-0.1, -0.05) is 68.5 Å². The highest BCUT2D eigenvalue weighted by molar-refractivity contribution is 5.91. The molecule has 0 radical (unpaired) electrons. The number of hydrogen-bond donors (Lipinski definition) is 1. The van der Waals surface area contributed by atoms with E-state index in [0.717, 1.165) is 17.0 Å². The predicted octanol–water partition coefficient (Wildman–Crippen LogP) is 3.89. The van der Waals surface area contributed by atoms with Crippen LogP contribution in [0.4, 0.5) is 5.69 Å². The van der Waals surface area contributed by atoms with E-state index in [4.69, 9.17) is 4.74 Å². The summed E-state index contributed by atoms with van der Waals surface area (Å²) in [6.07, 6.45) is 8.12. The summed E-state index contributed by atoms with van der Waals surface area (Å²) >= 11 is 0. The molecule has 2 aromatic rings. The quantitative estimate of drug-likeness (QED) is 0.841. The van der Waals surface area contributed by atoms with Gasteiger partial charge in [0.25, 0.3) is 0 Å². The molecule has 2 aromatic carbocycles. The summed E-state index contributed by atoms with van der Waals surface area (Å²) < 4.78 is 5.39. The molecular formula is C23H24N2O2. The zero-order valence-electron chi connectivity index (χ0n) is 15.9. The van der Waals surface area contributed by atoms with Crippen molar-refractivity contribution in [2.24, 2.45) is 0 Å². The summed E-state index contributed by atoms with van der Waals surface area (Å²) in [4.78, 5) is 14.5. The summed E-state index contributed by atoms with van der Waals surface area (Å²) in [6.45, 7) is 4.75. The third-order valence-corrected chi connectivity index (χ3v) is 5.74. The van der Waals surface area contributed by atoms with E-state index in [9.17, 15) is 4.79 Å². The Labute approximate surface area is 160 Å². The molecular weight excluding hydrogens is 336 g/mol. The van der Waals surface area contributed by atoms with E-state index in [1.807, 2.05) is 48.6 Å². The zero-order valence-corrected chi connectivity index (χ0v) is 15.9.